The van der Waals surface area contributed by atoms with E-state index in [9.17, 15) is 14.0 Å². The first-order valence-electron chi connectivity index (χ1n) is 10.9. The zero-order valence-corrected chi connectivity index (χ0v) is 20.8. The Morgan fingerprint density at radius 2 is 1.74 bits per heavy atom. The van der Waals surface area contributed by atoms with Crippen LogP contribution in [0.5, 0.6) is 0 Å². The van der Waals surface area contributed by atoms with Crippen LogP contribution in [-0.4, -0.2) is 28.3 Å². The number of hydrogen-bond acceptors (Lipinski definition) is 4. The molecule has 34 heavy (non-hydrogen) atoms. The average Bonchev–Trinajstić information content (AvgIpc) is 2.96. The van der Waals surface area contributed by atoms with Crippen LogP contribution in [0.15, 0.2) is 41.4 Å². The minimum atomic E-state index is -0.927. The highest BCUT2D eigenvalue weighted by molar-refractivity contribution is 6.42. The van der Waals surface area contributed by atoms with Crippen molar-refractivity contribution in [2.75, 3.05) is 0 Å². The predicted octanol–water partition coefficient (Wildman–Crippen LogP) is 4.59. The summed E-state index contributed by atoms with van der Waals surface area (Å²) in [6.45, 7) is 6.15. The van der Waals surface area contributed by atoms with Gasteiger partial charge in [0.25, 0.3) is 5.91 Å². The van der Waals surface area contributed by atoms with Crippen LogP contribution in [0.1, 0.15) is 43.9 Å². The van der Waals surface area contributed by atoms with Gasteiger partial charge in [-0.3, -0.25) is 9.69 Å². The molecule has 0 aliphatic carbocycles. The summed E-state index contributed by atoms with van der Waals surface area (Å²) in [6.07, 6.45) is 0.559. The van der Waals surface area contributed by atoms with E-state index in [0.29, 0.717) is 27.6 Å². The molecule has 1 aliphatic rings. The number of carbonyl (C=O) groups is 2. The van der Waals surface area contributed by atoms with Crippen molar-refractivity contribution in [2.24, 2.45) is 16.6 Å². The molecule has 0 spiro atoms. The third-order valence-electron chi connectivity index (χ3n) is 5.49. The van der Waals surface area contributed by atoms with Crippen LogP contribution in [0.4, 0.5) is 9.18 Å². The standard InChI is InChI=1S/C24H28Cl2FN5O2/c1-14(2)10-24(3)21(33)32(22(28)31-24)13-17-6-4-16(9-20(17)27)12-30-23(34)29-11-15-5-7-18(25)19(26)8-15/h4-9,14H,10-13H2,1-3H3,(H2,28,31)(H2,29,30,34). The predicted molar refractivity (Wildman–Crippen MR) is 132 cm³/mol. The maximum absolute atomic E-state index is 14.8. The second kappa shape index (κ2) is 10.6. The number of amides is 3. The van der Waals surface area contributed by atoms with Crippen molar-refractivity contribution >= 4 is 41.1 Å². The maximum Gasteiger partial charge on any atom is 0.315 e. The number of hydrogen-bond donors (Lipinski definition) is 3. The topological polar surface area (TPSA) is 99.8 Å². The summed E-state index contributed by atoms with van der Waals surface area (Å²) in [5.74, 6) is -0.372. The number of nitrogens with one attached hydrogen (secondary N) is 2. The van der Waals surface area contributed by atoms with Gasteiger partial charge in [-0.25, -0.2) is 14.2 Å². The molecule has 1 aliphatic heterocycles. The van der Waals surface area contributed by atoms with E-state index in [2.05, 4.69) is 15.6 Å². The van der Waals surface area contributed by atoms with Crippen molar-refractivity contribution in [3.8, 4) is 0 Å². The van der Waals surface area contributed by atoms with Crippen molar-refractivity contribution in [1.29, 1.82) is 0 Å². The molecule has 0 saturated carbocycles. The van der Waals surface area contributed by atoms with Gasteiger partial charge in [-0.05, 0) is 48.6 Å². The summed E-state index contributed by atoms with van der Waals surface area (Å²) >= 11 is 11.9. The lowest BCUT2D eigenvalue weighted by molar-refractivity contribution is -0.131. The van der Waals surface area contributed by atoms with Gasteiger partial charge >= 0.3 is 6.03 Å². The van der Waals surface area contributed by atoms with Gasteiger partial charge < -0.3 is 16.4 Å². The zero-order valence-electron chi connectivity index (χ0n) is 19.3. The van der Waals surface area contributed by atoms with E-state index in [0.717, 1.165) is 5.56 Å². The van der Waals surface area contributed by atoms with Crippen LogP contribution in [0.2, 0.25) is 10.0 Å². The first-order valence-corrected chi connectivity index (χ1v) is 11.6. The third-order valence-corrected chi connectivity index (χ3v) is 6.22. The third kappa shape index (κ3) is 6.18. The summed E-state index contributed by atoms with van der Waals surface area (Å²) in [7, 11) is 0. The number of guanidine groups is 1. The van der Waals surface area contributed by atoms with Crippen molar-refractivity contribution in [3.05, 3.63) is 69.0 Å². The van der Waals surface area contributed by atoms with Gasteiger partial charge in [-0.15, -0.1) is 0 Å². The molecular weight excluding hydrogens is 480 g/mol. The molecule has 0 bridgehead atoms. The molecule has 0 saturated heterocycles. The highest BCUT2D eigenvalue weighted by Gasteiger charge is 2.44. The van der Waals surface area contributed by atoms with E-state index >= 15 is 0 Å². The van der Waals surface area contributed by atoms with Gasteiger partial charge in [0.05, 0.1) is 16.6 Å². The number of halogens is 3. The first-order chi connectivity index (χ1) is 16.0. The number of urea groups is 1. The second-order valence-corrected chi connectivity index (χ2v) is 9.76. The van der Waals surface area contributed by atoms with Crippen molar-refractivity contribution in [3.63, 3.8) is 0 Å². The lowest BCUT2D eigenvalue weighted by atomic mass is 9.91. The van der Waals surface area contributed by atoms with Crippen molar-refractivity contribution in [2.45, 2.75) is 52.4 Å². The Kier molecular flexibility index (Phi) is 8.05. The fourth-order valence-electron chi connectivity index (χ4n) is 3.91. The number of nitrogens with two attached hydrogens (primary N) is 1. The molecule has 2 aromatic carbocycles. The molecule has 4 N–H and O–H groups in total. The van der Waals surface area contributed by atoms with Crippen LogP contribution in [-0.2, 0) is 24.4 Å². The van der Waals surface area contributed by atoms with Gasteiger partial charge in [0.1, 0.15) is 11.4 Å². The SMILES string of the molecule is CC(C)CC1(C)N=C(N)N(Cc2ccc(CNC(=O)NCc3ccc(Cl)c(Cl)c3)cc2F)C1=O. The molecule has 0 aromatic heterocycles. The van der Waals surface area contributed by atoms with Crippen LogP contribution in [0.3, 0.4) is 0 Å². The average molecular weight is 508 g/mol. The van der Waals surface area contributed by atoms with Gasteiger partial charge in [0.15, 0.2) is 5.96 Å². The normalized spacial score (nSPS) is 17.8. The molecule has 0 fully saturated rings. The molecular formula is C24H28Cl2FN5O2. The Morgan fingerprint density at radius 3 is 2.32 bits per heavy atom. The highest BCUT2D eigenvalue weighted by atomic mass is 35.5. The summed E-state index contributed by atoms with van der Waals surface area (Å²) in [5, 5.41) is 6.23. The minimum Gasteiger partial charge on any atom is -0.369 e. The highest BCUT2D eigenvalue weighted by Crippen LogP contribution is 2.30. The van der Waals surface area contributed by atoms with Gasteiger partial charge in [-0.1, -0.05) is 55.2 Å². The summed E-state index contributed by atoms with van der Waals surface area (Å²) in [6, 6.07) is 9.28. The summed E-state index contributed by atoms with van der Waals surface area (Å²) in [5.41, 5.74) is 6.73. The lowest BCUT2D eigenvalue weighted by Gasteiger charge is -2.23. The molecule has 3 amide bonds. The molecule has 7 nitrogen and oxygen atoms in total. The van der Waals surface area contributed by atoms with Crippen LogP contribution in [0, 0.1) is 11.7 Å². The summed E-state index contributed by atoms with van der Waals surface area (Å²) < 4.78 is 14.8. The Hall–Kier alpha value is -2.84. The molecule has 0 radical (unpaired) electrons. The van der Waals surface area contributed by atoms with E-state index in [4.69, 9.17) is 28.9 Å². The quantitative estimate of drug-likeness (QED) is 0.486. The fraction of sp³-hybridized carbons (Fsp3) is 0.375. The Morgan fingerprint density at radius 1 is 1.12 bits per heavy atom. The van der Waals surface area contributed by atoms with E-state index in [-0.39, 0.29) is 37.4 Å². The molecule has 3 rings (SSSR count). The molecule has 10 heteroatoms. The van der Waals surface area contributed by atoms with E-state index in [1.165, 1.54) is 11.0 Å². The lowest BCUT2D eigenvalue weighted by Crippen LogP contribution is -2.43. The Labute approximate surface area is 208 Å². The first kappa shape index (κ1) is 25.8. The van der Waals surface area contributed by atoms with Crippen LogP contribution < -0.4 is 16.4 Å². The van der Waals surface area contributed by atoms with Crippen molar-refractivity contribution in [1.82, 2.24) is 15.5 Å². The number of benzene rings is 2. The molecule has 1 unspecified atom stereocenters. The van der Waals surface area contributed by atoms with E-state index < -0.39 is 17.4 Å². The molecule has 1 atom stereocenters. The smallest absolute Gasteiger partial charge is 0.315 e. The Bertz CT molecular complexity index is 1120. The molecule has 182 valence electrons. The van der Waals surface area contributed by atoms with E-state index in [1.807, 2.05) is 13.8 Å². The van der Waals surface area contributed by atoms with Crippen molar-refractivity contribution < 1.29 is 14.0 Å². The molecule has 2 aromatic rings. The zero-order chi connectivity index (χ0) is 25.0. The Balaban J connectivity index is 1.55. The van der Waals surface area contributed by atoms with Crippen LogP contribution >= 0.6 is 23.2 Å². The summed E-state index contributed by atoms with van der Waals surface area (Å²) in [4.78, 5) is 30.6. The minimum absolute atomic E-state index is 0.00840. The van der Waals surface area contributed by atoms with Gasteiger partial charge in [-0.2, -0.15) is 0 Å². The largest absolute Gasteiger partial charge is 0.369 e. The second-order valence-electron chi connectivity index (χ2n) is 8.94. The van der Waals surface area contributed by atoms with Gasteiger partial charge in [0, 0.05) is 18.7 Å². The number of nitrogens with zero attached hydrogens (tertiary/aromatic N) is 2. The van der Waals surface area contributed by atoms with E-state index in [1.54, 1.807) is 37.3 Å². The number of carbonyl (C=O) groups excluding carboxylic acids is 2. The monoisotopic (exact) mass is 507 g/mol. The van der Waals surface area contributed by atoms with Gasteiger partial charge in [0.2, 0.25) is 0 Å². The fourth-order valence-corrected chi connectivity index (χ4v) is 4.23. The maximum atomic E-state index is 14.8. The number of aliphatic imine (C=N–C) groups is 1. The van der Waals surface area contributed by atoms with Crippen LogP contribution in [0.25, 0.3) is 0 Å². The molecule has 1 heterocycles. The number of rotatable bonds is 8.